The van der Waals surface area contributed by atoms with E-state index in [2.05, 4.69) is 20.1 Å². The van der Waals surface area contributed by atoms with Gasteiger partial charge in [-0.2, -0.15) is 4.98 Å². The van der Waals surface area contributed by atoms with Crippen LogP contribution in [-0.2, 0) is 0 Å². The summed E-state index contributed by atoms with van der Waals surface area (Å²) in [5, 5.41) is 4.10. The number of rotatable bonds is 3. The number of nitrogens with zero attached hydrogens (tertiary/aromatic N) is 5. The van der Waals surface area contributed by atoms with Crippen molar-refractivity contribution in [2.24, 2.45) is 0 Å². The van der Waals surface area contributed by atoms with E-state index in [1.807, 2.05) is 36.4 Å². The molecule has 138 valence electrons. The van der Waals surface area contributed by atoms with Gasteiger partial charge in [-0.1, -0.05) is 35.5 Å². The molecule has 1 amide bonds. The third-order valence-electron chi connectivity index (χ3n) is 4.99. The smallest absolute Gasteiger partial charge is 0.254 e. The summed E-state index contributed by atoms with van der Waals surface area (Å²) in [7, 11) is 0. The van der Waals surface area contributed by atoms with Gasteiger partial charge in [-0.3, -0.25) is 14.8 Å². The van der Waals surface area contributed by atoms with Gasteiger partial charge in [0.05, 0.1) is 11.0 Å². The Balaban J connectivity index is 1.43. The highest BCUT2D eigenvalue weighted by atomic mass is 16.5. The Labute approximate surface area is 161 Å². The molecule has 0 N–H and O–H groups in total. The number of carbonyl (C=O) groups is 1. The maximum Gasteiger partial charge on any atom is 0.254 e. The topological polar surface area (TPSA) is 85.0 Å². The number of benzene rings is 2. The van der Waals surface area contributed by atoms with Crippen LogP contribution in [0.5, 0.6) is 0 Å². The Morgan fingerprint density at radius 2 is 1.86 bits per heavy atom. The van der Waals surface area contributed by atoms with Crippen LogP contribution in [0.3, 0.4) is 0 Å². The Morgan fingerprint density at radius 1 is 1.04 bits per heavy atom. The predicted molar refractivity (Wildman–Crippen MR) is 102 cm³/mol. The van der Waals surface area contributed by atoms with Gasteiger partial charge in [-0.15, -0.1) is 0 Å². The minimum absolute atomic E-state index is 0.0606. The van der Waals surface area contributed by atoms with E-state index in [1.54, 1.807) is 29.4 Å². The van der Waals surface area contributed by atoms with Crippen LogP contribution in [0.4, 0.5) is 0 Å². The van der Waals surface area contributed by atoms with Gasteiger partial charge in [0.15, 0.2) is 0 Å². The van der Waals surface area contributed by atoms with Crippen LogP contribution < -0.4 is 0 Å². The lowest BCUT2D eigenvalue weighted by Crippen LogP contribution is -2.30. The maximum absolute atomic E-state index is 13.1. The van der Waals surface area contributed by atoms with Crippen LogP contribution in [0, 0.1) is 0 Å². The first-order chi connectivity index (χ1) is 13.8. The van der Waals surface area contributed by atoms with E-state index >= 15 is 0 Å². The Bertz CT molecular complexity index is 1140. The predicted octanol–water partition coefficient (Wildman–Crippen LogP) is 3.66. The largest absolute Gasteiger partial charge is 0.337 e. The molecule has 7 heteroatoms. The van der Waals surface area contributed by atoms with Gasteiger partial charge in [0.25, 0.3) is 5.91 Å². The number of aromatic nitrogens is 4. The second-order valence-electron chi connectivity index (χ2n) is 6.74. The molecule has 28 heavy (non-hydrogen) atoms. The molecule has 1 aliphatic heterocycles. The first-order valence-corrected chi connectivity index (χ1v) is 9.20. The Morgan fingerprint density at radius 3 is 2.71 bits per heavy atom. The number of fused-ring (bicyclic) bond motifs is 1. The highest BCUT2D eigenvalue weighted by molar-refractivity contribution is 5.97. The average Bonchev–Trinajstić information content (AvgIpc) is 3.43. The average molecular weight is 371 g/mol. The Hall–Kier alpha value is -3.61. The van der Waals surface area contributed by atoms with E-state index in [0.29, 0.717) is 29.3 Å². The summed E-state index contributed by atoms with van der Waals surface area (Å²) in [4.78, 5) is 28.0. The number of hydrogen-bond donors (Lipinski definition) is 0. The van der Waals surface area contributed by atoms with E-state index < -0.39 is 0 Å². The molecule has 3 heterocycles. The SMILES string of the molecule is O=C(c1ccc2nccnc2c1)N1CCC[C@@H]1c1nc(-c2ccccc2)no1. The molecule has 0 aliphatic carbocycles. The maximum atomic E-state index is 13.1. The normalized spacial score (nSPS) is 16.6. The van der Waals surface area contributed by atoms with Gasteiger partial charge < -0.3 is 9.42 Å². The first kappa shape index (κ1) is 16.6. The van der Waals surface area contributed by atoms with E-state index in [9.17, 15) is 4.79 Å². The third kappa shape index (κ3) is 2.90. The zero-order chi connectivity index (χ0) is 18.9. The molecular formula is C21H17N5O2. The molecule has 0 unspecified atom stereocenters. The second kappa shape index (κ2) is 6.84. The third-order valence-corrected chi connectivity index (χ3v) is 4.99. The fraction of sp³-hybridized carbons (Fsp3) is 0.190. The van der Waals surface area contributed by atoms with Crippen LogP contribution in [0.2, 0.25) is 0 Å². The fourth-order valence-electron chi connectivity index (χ4n) is 3.60. The van der Waals surface area contributed by atoms with Crippen LogP contribution in [0.1, 0.15) is 35.1 Å². The van der Waals surface area contributed by atoms with Crippen molar-refractivity contribution < 1.29 is 9.32 Å². The zero-order valence-electron chi connectivity index (χ0n) is 15.0. The van der Waals surface area contributed by atoms with Crippen molar-refractivity contribution in [3.05, 3.63) is 72.4 Å². The van der Waals surface area contributed by atoms with Gasteiger partial charge in [0.1, 0.15) is 6.04 Å². The van der Waals surface area contributed by atoms with Crippen molar-refractivity contribution >= 4 is 16.9 Å². The number of amides is 1. The monoisotopic (exact) mass is 371 g/mol. The van der Waals surface area contributed by atoms with Gasteiger partial charge in [0, 0.05) is 30.1 Å². The highest BCUT2D eigenvalue weighted by Crippen LogP contribution is 2.33. The second-order valence-corrected chi connectivity index (χ2v) is 6.74. The molecule has 7 nitrogen and oxygen atoms in total. The summed E-state index contributed by atoms with van der Waals surface area (Å²) < 4.78 is 5.51. The summed E-state index contributed by atoms with van der Waals surface area (Å²) in [6.07, 6.45) is 4.96. The molecule has 0 bridgehead atoms. The van der Waals surface area contributed by atoms with Gasteiger partial charge >= 0.3 is 0 Å². The molecule has 0 radical (unpaired) electrons. The van der Waals surface area contributed by atoms with Crippen molar-refractivity contribution in [3.8, 4) is 11.4 Å². The quantitative estimate of drug-likeness (QED) is 0.546. The lowest BCUT2D eigenvalue weighted by atomic mass is 10.1. The van der Waals surface area contributed by atoms with Crippen molar-refractivity contribution in [2.45, 2.75) is 18.9 Å². The summed E-state index contributed by atoms with van der Waals surface area (Å²) in [5.74, 6) is 0.954. The summed E-state index contributed by atoms with van der Waals surface area (Å²) in [6, 6.07) is 14.8. The molecule has 2 aromatic heterocycles. The molecule has 1 aliphatic rings. The molecular weight excluding hydrogens is 354 g/mol. The minimum atomic E-state index is -0.213. The molecule has 5 rings (SSSR count). The molecule has 1 fully saturated rings. The van der Waals surface area contributed by atoms with Gasteiger partial charge in [-0.25, -0.2) is 0 Å². The summed E-state index contributed by atoms with van der Waals surface area (Å²) >= 11 is 0. The number of carbonyl (C=O) groups excluding carboxylic acids is 1. The summed E-state index contributed by atoms with van der Waals surface area (Å²) in [5.41, 5.74) is 2.94. The molecule has 0 saturated carbocycles. The molecule has 1 atom stereocenters. The van der Waals surface area contributed by atoms with E-state index in [1.165, 1.54) is 0 Å². The standard InChI is InChI=1S/C21H17N5O2/c27-21(15-8-9-16-17(13-15)23-11-10-22-16)26-12-4-7-18(26)20-24-19(25-28-20)14-5-2-1-3-6-14/h1-3,5-6,8-11,13,18H,4,7,12H2/t18-/m1/s1. The first-order valence-electron chi connectivity index (χ1n) is 9.20. The zero-order valence-corrected chi connectivity index (χ0v) is 15.0. The number of hydrogen-bond acceptors (Lipinski definition) is 6. The lowest BCUT2D eigenvalue weighted by molar-refractivity contribution is 0.0710. The van der Waals surface area contributed by atoms with Crippen LogP contribution in [0.25, 0.3) is 22.4 Å². The fourth-order valence-corrected chi connectivity index (χ4v) is 3.60. The van der Waals surface area contributed by atoms with Gasteiger partial charge in [0.2, 0.25) is 11.7 Å². The molecule has 0 spiro atoms. The molecule has 1 saturated heterocycles. The van der Waals surface area contributed by atoms with E-state index in [4.69, 9.17) is 4.52 Å². The van der Waals surface area contributed by atoms with Crippen LogP contribution >= 0.6 is 0 Å². The molecule has 4 aromatic rings. The van der Waals surface area contributed by atoms with E-state index in [0.717, 1.165) is 23.9 Å². The van der Waals surface area contributed by atoms with Crippen molar-refractivity contribution in [3.63, 3.8) is 0 Å². The van der Waals surface area contributed by atoms with Crippen molar-refractivity contribution in [1.82, 2.24) is 25.0 Å². The van der Waals surface area contributed by atoms with Crippen molar-refractivity contribution in [1.29, 1.82) is 0 Å². The van der Waals surface area contributed by atoms with E-state index in [-0.39, 0.29) is 11.9 Å². The summed E-state index contributed by atoms with van der Waals surface area (Å²) in [6.45, 7) is 0.658. The highest BCUT2D eigenvalue weighted by Gasteiger charge is 2.34. The lowest BCUT2D eigenvalue weighted by Gasteiger charge is -2.22. The molecule has 2 aromatic carbocycles. The van der Waals surface area contributed by atoms with Crippen LogP contribution in [-0.4, -0.2) is 37.5 Å². The minimum Gasteiger partial charge on any atom is -0.337 e. The van der Waals surface area contributed by atoms with Crippen LogP contribution in [0.15, 0.2) is 65.4 Å². The Kier molecular flexibility index (Phi) is 4.05. The van der Waals surface area contributed by atoms with Crippen molar-refractivity contribution in [2.75, 3.05) is 6.54 Å². The number of likely N-dealkylation sites (tertiary alicyclic amines) is 1. The van der Waals surface area contributed by atoms with Gasteiger partial charge in [-0.05, 0) is 31.0 Å².